The van der Waals surface area contributed by atoms with Gasteiger partial charge in [-0.1, -0.05) is 76.6 Å². The van der Waals surface area contributed by atoms with E-state index in [0.29, 0.717) is 35.7 Å². The number of hydrogen-bond donors (Lipinski definition) is 3. The third-order valence-corrected chi connectivity index (χ3v) is 5.80. The molecule has 2 aromatic heterocycles. The molecule has 0 saturated heterocycles. The maximum Gasteiger partial charge on any atom is 0.239 e. The molecule has 0 bridgehead atoms. The van der Waals surface area contributed by atoms with E-state index in [-0.39, 0.29) is 12.5 Å². The Morgan fingerprint density at radius 3 is 2.32 bits per heavy atom. The lowest BCUT2D eigenvalue weighted by Gasteiger charge is -2.15. The van der Waals surface area contributed by atoms with Crippen molar-refractivity contribution in [2.75, 3.05) is 23.7 Å². The number of carbonyl (C=O) groups is 1. The van der Waals surface area contributed by atoms with Crippen LogP contribution in [0.3, 0.4) is 0 Å². The highest BCUT2D eigenvalue weighted by Gasteiger charge is 2.08. The number of terminal acetylenes is 1. The summed E-state index contributed by atoms with van der Waals surface area (Å²) in [4.78, 5) is 24.9. The number of rotatable bonds is 8. The molecule has 9 heteroatoms. The van der Waals surface area contributed by atoms with Crippen molar-refractivity contribution in [2.24, 2.45) is 5.92 Å². The number of anilines is 2. The van der Waals surface area contributed by atoms with Crippen LogP contribution in [0.15, 0.2) is 49.1 Å². The highest BCUT2D eigenvalue weighted by molar-refractivity contribution is 6.30. The molecule has 0 radical (unpaired) electrons. The Kier molecular flexibility index (Phi) is 16.7. The van der Waals surface area contributed by atoms with Gasteiger partial charge in [0.05, 0.1) is 6.54 Å². The predicted octanol–water partition coefficient (Wildman–Crippen LogP) is 6.34. The minimum absolute atomic E-state index is 0.0968. The van der Waals surface area contributed by atoms with E-state index in [4.69, 9.17) is 11.6 Å². The summed E-state index contributed by atoms with van der Waals surface area (Å²) in [5, 5.41) is 9.63. The second kappa shape index (κ2) is 19.5. The number of imidazole rings is 1. The molecule has 0 aliphatic heterocycles. The van der Waals surface area contributed by atoms with E-state index < -0.39 is 0 Å². The number of nitrogens with zero attached hydrogens (tertiary/aromatic N) is 4. The fourth-order valence-electron chi connectivity index (χ4n) is 3.63. The number of halogens is 1. The summed E-state index contributed by atoms with van der Waals surface area (Å²) in [5.74, 6) is 2.58. The van der Waals surface area contributed by atoms with Crippen molar-refractivity contribution >= 4 is 29.3 Å². The van der Waals surface area contributed by atoms with Gasteiger partial charge in [-0.2, -0.15) is 9.97 Å². The molecule has 4 rings (SSSR count). The van der Waals surface area contributed by atoms with Crippen molar-refractivity contribution in [1.82, 2.24) is 24.8 Å². The number of aromatic nitrogens is 4. The van der Waals surface area contributed by atoms with Crippen LogP contribution in [0.5, 0.6) is 0 Å². The lowest BCUT2D eigenvalue weighted by molar-refractivity contribution is -0.119. The molecule has 0 unspecified atom stereocenters. The first kappa shape index (κ1) is 32.5. The van der Waals surface area contributed by atoms with Gasteiger partial charge < -0.3 is 16.0 Å². The van der Waals surface area contributed by atoms with E-state index >= 15 is 0 Å². The molecule has 1 fully saturated rings. The Balaban J connectivity index is 0.000000554. The lowest BCUT2D eigenvalue weighted by Crippen LogP contribution is -2.29. The molecule has 1 amide bonds. The molecule has 3 N–H and O–H groups in total. The minimum atomic E-state index is -0.141. The fourth-order valence-corrected chi connectivity index (χ4v) is 3.76. The van der Waals surface area contributed by atoms with Crippen LogP contribution < -0.4 is 16.0 Å². The van der Waals surface area contributed by atoms with Gasteiger partial charge >= 0.3 is 0 Å². The number of amides is 1. The van der Waals surface area contributed by atoms with Crippen molar-refractivity contribution < 1.29 is 4.79 Å². The Morgan fingerprint density at radius 2 is 1.76 bits per heavy atom. The molecule has 2 heterocycles. The van der Waals surface area contributed by atoms with Gasteiger partial charge in [0.15, 0.2) is 0 Å². The standard InChI is InChI=1S/C18H20ClN7O.C7H14.C2H6.C2H2/c1-2-21-18-24-15(9-16(25-18)26-8-7-20-12-26)22-11-17(27)23-10-13-3-5-14(19)6-4-13;1-7-5-3-2-4-6-7;2*1-2/h3-9,12H,2,10-11H2,1H3,(H,23,27)(H2,21,22,24,25);7H,2-6H2,1H3;1-2H3;1-2H. The van der Waals surface area contributed by atoms with E-state index in [9.17, 15) is 4.79 Å². The SMILES string of the molecule is C#C.CC.CC1CCCCC1.CCNc1nc(NCC(=O)NCc2ccc(Cl)cc2)cc(-n2ccnc2)n1. The molecular formula is C29H42ClN7O. The lowest BCUT2D eigenvalue weighted by atomic mass is 9.91. The Labute approximate surface area is 233 Å². The topological polar surface area (TPSA) is 96.8 Å². The third-order valence-electron chi connectivity index (χ3n) is 5.54. The Morgan fingerprint density at radius 1 is 1.08 bits per heavy atom. The smallest absolute Gasteiger partial charge is 0.239 e. The van der Waals surface area contributed by atoms with E-state index in [0.717, 1.165) is 11.5 Å². The third kappa shape index (κ3) is 12.6. The molecule has 1 aromatic carbocycles. The molecule has 3 aromatic rings. The quantitative estimate of drug-likeness (QED) is 0.289. The summed E-state index contributed by atoms with van der Waals surface area (Å²) in [6.45, 7) is 9.54. The average Bonchev–Trinajstić information content (AvgIpc) is 3.50. The summed E-state index contributed by atoms with van der Waals surface area (Å²) in [5.41, 5.74) is 0.978. The molecule has 1 aliphatic rings. The molecule has 1 aliphatic carbocycles. The largest absolute Gasteiger partial charge is 0.361 e. The maximum atomic E-state index is 12.1. The first-order chi connectivity index (χ1) is 18.5. The van der Waals surface area contributed by atoms with Crippen LogP contribution in [0.4, 0.5) is 11.8 Å². The summed E-state index contributed by atoms with van der Waals surface area (Å²) in [6.07, 6.45) is 20.6. The monoisotopic (exact) mass is 539 g/mol. The fraction of sp³-hybridized carbons (Fsp3) is 0.448. The summed E-state index contributed by atoms with van der Waals surface area (Å²) in [6, 6.07) is 9.10. The van der Waals surface area contributed by atoms with Crippen molar-refractivity contribution in [3.05, 3.63) is 59.6 Å². The second-order valence-corrected chi connectivity index (χ2v) is 8.87. The zero-order valence-electron chi connectivity index (χ0n) is 23.1. The molecule has 1 saturated carbocycles. The van der Waals surface area contributed by atoms with Gasteiger partial charge in [0.1, 0.15) is 18.0 Å². The predicted molar refractivity (Wildman–Crippen MR) is 159 cm³/mol. The number of benzene rings is 1. The normalized spacial score (nSPS) is 12.3. The van der Waals surface area contributed by atoms with Gasteiger partial charge in [-0.3, -0.25) is 9.36 Å². The number of carbonyl (C=O) groups excluding carboxylic acids is 1. The highest BCUT2D eigenvalue weighted by Crippen LogP contribution is 2.22. The van der Waals surface area contributed by atoms with Crippen molar-refractivity contribution in [1.29, 1.82) is 0 Å². The first-order valence-electron chi connectivity index (χ1n) is 13.2. The van der Waals surface area contributed by atoms with E-state index in [1.165, 1.54) is 32.1 Å². The van der Waals surface area contributed by atoms with Gasteiger partial charge in [-0.25, -0.2) is 4.98 Å². The molecule has 8 nitrogen and oxygen atoms in total. The number of hydrogen-bond acceptors (Lipinski definition) is 6. The van der Waals surface area contributed by atoms with Crippen molar-refractivity contribution in [3.8, 4) is 18.7 Å². The number of nitrogens with one attached hydrogen (secondary N) is 3. The summed E-state index contributed by atoms with van der Waals surface area (Å²) < 4.78 is 1.77. The molecular weight excluding hydrogens is 498 g/mol. The second-order valence-electron chi connectivity index (χ2n) is 8.44. The molecule has 0 atom stereocenters. The van der Waals surface area contributed by atoms with Crippen LogP contribution in [0, 0.1) is 18.8 Å². The van der Waals surface area contributed by atoms with Crippen molar-refractivity contribution in [3.63, 3.8) is 0 Å². The molecule has 0 spiro atoms. The molecule has 38 heavy (non-hydrogen) atoms. The maximum absolute atomic E-state index is 12.1. The Bertz CT molecular complexity index is 1050. The van der Waals surface area contributed by atoms with Gasteiger partial charge in [0.25, 0.3) is 0 Å². The van der Waals surface area contributed by atoms with Crippen LogP contribution in [0.2, 0.25) is 5.02 Å². The summed E-state index contributed by atoms with van der Waals surface area (Å²) in [7, 11) is 0. The first-order valence-corrected chi connectivity index (χ1v) is 13.6. The van der Waals surface area contributed by atoms with Gasteiger partial charge in [-0.15, -0.1) is 12.8 Å². The minimum Gasteiger partial charge on any atom is -0.361 e. The highest BCUT2D eigenvalue weighted by atomic mass is 35.5. The van der Waals surface area contributed by atoms with E-state index in [1.807, 2.05) is 32.9 Å². The van der Waals surface area contributed by atoms with Crippen LogP contribution in [0.25, 0.3) is 5.82 Å². The van der Waals surface area contributed by atoms with E-state index in [1.54, 1.807) is 41.5 Å². The van der Waals surface area contributed by atoms with Gasteiger partial charge in [0, 0.05) is 36.6 Å². The summed E-state index contributed by atoms with van der Waals surface area (Å²) >= 11 is 5.86. The van der Waals surface area contributed by atoms with Crippen LogP contribution in [0.1, 0.15) is 65.4 Å². The molecule has 206 valence electrons. The van der Waals surface area contributed by atoms with Crippen LogP contribution >= 0.6 is 11.6 Å². The van der Waals surface area contributed by atoms with Gasteiger partial charge in [0.2, 0.25) is 11.9 Å². The van der Waals surface area contributed by atoms with Crippen LogP contribution in [-0.4, -0.2) is 38.5 Å². The van der Waals surface area contributed by atoms with E-state index in [2.05, 4.69) is 50.7 Å². The van der Waals surface area contributed by atoms with Crippen molar-refractivity contribution in [2.45, 2.75) is 66.3 Å². The van der Waals surface area contributed by atoms with Crippen LogP contribution in [-0.2, 0) is 11.3 Å². The Hall–Kier alpha value is -3.57. The average molecular weight is 540 g/mol. The van der Waals surface area contributed by atoms with Gasteiger partial charge in [-0.05, 0) is 30.5 Å². The zero-order chi connectivity index (χ0) is 28.2. The zero-order valence-corrected chi connectivity index (χ0v) is 23.8.